The van der Waals surface area contributed by atoms with E-state index in [4.69, 9.17) is 9.72 Å². The molecule has 0 unspecified atom stereocenters. The van der Waals surface area contributed by atoms with Crippen molar-refractivity contribution in [3.8, 4) is 0 Å². The van der Waals surface area contributed by atoms with Crippen LogP contribution in [-0.4, -0.2) is 57.9 Å². The van der Waals surface area contributed by atoms with Crippen molar-refractivity contribution in [2.45, 2.75) is 85.0 Å². The summed E-state index contributed by atoms with van der Waals surface area (Å²) in [7, 11) is 0. The summed E-state index contributed by atoms with van der Waals surface area (Å²) in [5.74, 6) is -1.88. The van der Waals surface area contributed by atoms with Gasteiger partial charge in [-0.25, -0.2) is 15.2 Å². The van der Waals surface area contributed by atoms with Crippen LogP contribution < -0.4 is 16.1 Å². The van der Waals surface area contributed by atoms with E-state index in [0.29, 0.717) is 25.1 Å². The Bertz CT molecular complexity index is 1390. The van der Waals surface area contributed by atoms with Crippen molar-refractivity contribution >= 4 is 40.7 Å². The molecule has 1 aromatic heterocycles. The molecule has 10 heteroatoms. The smallest absolute Gasteiger partial charge is 0.328 e. The average Bonchev–Trinajstić information content (AvgIpc) is 2.92. The van der Waals surface area contributed by atoms with Gasteiger partial charge >= 0.3 is 5.97 Å². The van der Waals surface area contributed by atoms with Crippen LogP contribution in [0, 0.1) is 11.3 Å². The number of pyridine rings is 1. The van der Waals surface area contributed by atoms with Crippen LogP contribution in [0.2, 0.25) is 0 Å². The van der Waals surface area contributed by atoms with Gasteiger partial charge in [0.2, 0.25) is 11.8 Å². The molecule has 1 saturated heterocycles. The Labute approximate surface area is 241 Å². The zero-order valence-corrected chi connectivity index (χ0v) is 24.9. The van der Waals surface area contributed by atoms with E-state index in [0.717, 1.165) is 16.5 Å². The highest BCUT2D eigenvalue weighted by Gasteiger charge is 2.42. The normalized spacial score (nSPS) is 27.9. The highest BCUT2D eigenvalue weighted by atomic mass is 16.5. The molecule has 5 bridgehead atoms. The third-order valence-electron chi connectivity index (χ3n) is 7.84. The molecule has 0 saturated carbocycles. The number of carbonyl (C=O) groups excluding carboxylic acids is 4. The summed E-state index contributed by atoms with van der Waals surface area (Å²) in [6.45, 7) is 12.7. The second kappa shape index (κ2) is 11.6. The number of ether oxygens (including phenoxy) is 1. The molecule has 3 amide bonds. The first kappa shape index (κ1) is 30.2. The lowest BCUT2D eigenvalue weighted by molar-refractivity contribution is -0.164. The fourth-order valence-corrected chi connectivity index (χ4v) is 4.99. The zero-order chi connectivity index (χ0) is 30.1. The average molecular weight is 564 g/mol. The van der Waals surface area contributed by atoms with Crippen molar-refractivity contribution in [1.82, 2.24) is 26.1 Å². The summed E-state index contributed by atoms with van der Waals surface area (Å²) < 4.78 is 5.85. The van der Waals surface area contributed by atoms with Gasteiger partial charge in [-0.3, -0.25) is 19.4 Å². The maximum atomic E-state index is 13.4. The quantitative estimate of drug-likeness (QED) is 0.454. The van der Waals surface area contributed by atoms with Crippen molar-refractivity contribution in [2.24, 2.45) is 11.3 Å². The molecule has 220 valence electrons. The van der Waals surface area contributed by atoms with E-state index in [1.807, 2.05) is 50.3 Å². The zero-order valence-electron chi connectivity index (χ0n) is 24.9. The molecule has 0 spiro atoms. The van der Waals surface area contributed by atoms with Crippen LogP contribution >= 0.6 is 0 Å². The number of cyclic esters (lactones) is 1. The molecule has 1 fully saturated rings. The SMILES string of the molecule is CC(C)[C@@H]1NC(=O)C(C)(C)C=Cc2ccc3ccc(nc3c2)[C@@H](C)OC(=O)[C@]2(C)CCCN(N2)C(=O)[C@H](C)NC1=O. The van der Waals surface area contributed by atoms with Gasteiger partial charge < -0.3 is 15.4 Å². The minimum Gasteiger partial charge on any atom is -0.455 e. The second-order valence-corrected chi connectivity index (χ2v) is 12.3. The van der Waals surface area contributed by atoms with Crippen molar-refractivity contribution in [3.63, 3.8) is 0 Å². The van der Waals surface area contributed by atoms with Gasteiger partial charge in [-0.2, -0.15) is 0 Å². The summed E-state index contributed by atoms with van der Waals surface area (Å²) in [6.07, 6.45) is 4.07. The molecule has 3 N–H and O–H groups in total. The summed E-state index contributed by atoms with van der Waals surface area (Å²) in [4.78, 5) is 58.0. The molecule has 1 aromatic carbocycles. The first-order valence-electron chi connectivity index (χ1n) is 14.2. The van der Waals surface area contributed by atoms with Crippen molar-refractivity contribution < 1.29 is 23.9 Å². The lowest BCUT2D eigenvalue weighted by Crippen LogP contribution is -2.65. The molecule has 0 radical (unpaired) electrons. The number of benzene rings is 1. The highest BCUT2D eigenvalue weighted by Crippen LogP contribution is 2.27. The lowest BCUT2D eigenvalue weighted by atomic mass is 9.89. The van der Waals surface area contributed by atoms with Gasteiger partial charge in [-0.15, -0.1) is 0 Å². The van der Waals surface area contributed by atoms with E-state index in [1.165, 1.54) is 5.01 Å². The van der Waals surface area contributed by atoms with Gasteiger partial charge in [0.25, 0.3) is 5.91 Å². The number of hydrazine groups is 1. The van der Waals surface area contributed by atoms with E-state index in [9.17, 15) is 19.2 Å². The number of nitrogens with one attached hydrogen (secondary N) is 3. The monoisotopic (exact) mass is 563 g/mol. The number of rotatable bonds is 1. The van der Waals surface area contributed by atoms with E-state index < -0.39 is 41.0 Å². The van der Waals surface area contributed by atoms with Crippen LogP contribution in [0.15, 0.2) is 36.4 Å². The highest BCUT2D eigenvalue weighted by molar-refractivity contribution is 5.94. The number of hydrogen-bond donors (Lipinski definition) is 3. The van der Waals surface area contributed by atoms with Crippen molar-refractivity contribution in [1.29, 1.82) is 0 Å². The molecule has 0 aliphatic carbocycles. The molecule has 2 aliphatic heterocycles. The maximum absolute atomic E-state index is 13.4. The minimum absolute atomic E-state index is 0.225. The third-order valence-corrected chi connectivity index (χ3v) is 7.84. The van der Waals surface area contributed by atoms with Crippen LogP contribution in [0.4, 0.5) is 0 Å². The molecule has 4 atom stereocenters. The lowest BCUT2D eigenvalue weighted by Gasteiger charge is -2.41. The number of hydrogen-bond acceptors (Lipinski definition) is 7. The van der Waals surface area contributed by atoms with Gasteiger partial charge in [0.05, 0.1) is 16.6 Å². The first-order chi connectivity index (χ1) is 19.2. The molecule has 41 heavy (non-hydrogen) atoms. The Kier molecular flexibility index (Phi) is 8.54. The third kappa shape index (κ3) is 6.59. The van der Waals surface area contributed by atoms with E-state index >= 15 is 0 Å². The molecule has 10 nitrogen and oxygen atoms in total. The molecule has 2 aliphatic rings. The predicted molar refractivity (Wildman–Crippen MR) is 156 cm³/mol. The topological polar surface area (TPSA) is 130 Å². The molecular formula is C31H41N5O5. The van der Waals surface area contributed by atoms with Gasteiger partial charge in [0.1, 0.15) is 23.7 Å². The van der Waals surface area contributed by atoms with Gasteiger partial charge in [-0.1, -0.05) is 44.2 Å². The summed E-state index contributed by atoms with van der Waals surface area (Å²) in [5.41, 5.74) is 3.16. The summed E-state index contributed by atoms with van der Waals surface area (Å²) in [5, 5.41) is 7.93. The number of nitrogens with zero attached hydrogens (tertiary/aromatic N) is 2. The van der Waals surface area contributed by atoms with Gasteiger partial charge in [-0.05, 0) is 71.1 Å². The Morgan fingerprint density at radius 1 is 1.02 bits per heavy atom. The fourth-order valence-electron chi connectivity index (χ4n) is 4.99. The Balaban J connectivity index is 1.73. The van der Waals surface area contributed by atoms with Crippen LogP contribution in [0.3, 0.4) is 0 Å². The van der Waals surface area contributed by atoms with E-state index in [1.54, 1.807) is 40.7 Å². The van der Waals surface area contributed by atoms with E-state index in [2.05, 4.69) is 16.1 Å². The fraction of sp³-hybridized carbons (Fsp3) is 0.516. The molecule has 3 heterocycles. The van der Waals surface area contributed by atoms with Crippen LogP contribution in [0.5, 0.6) is 0 Å². The number of aromatic nitrogens is 1. The van der Waals surface area contributed by atoms with Crippen molar-refractivity contribution in [2.75, 3.05) is 6.54 Å². The standard InChI is InChI=1S/C31H41N5O5/c1-18(2)25-26(37)32-19(3)27(38)36-16-8-14-31(7,35-36)29(40)41-20(4)23-12-11-22-10-9-21(17-24(22)33-23)13-15-30(5,6)28(39)34-25/h9-13,15,17-20,25,35H,8,14,16H2,1-7H3,(H,32,37)(H,34,39)/t19-,20+,25-,31-/m0/s1. The van der Waals surface area contributed by atoms with Gasteiger partial charge in [0.15, 0.2) is 0 Å². The summed E-state index contributed by atoms with van der Waals surface area (Å²) >= 11 is 0. The first-order valence-corrected chi connectivity index (χ1v) is 14.2. The van der Waals surface area contributed by atoms with Crippen LogP contribution in [0.1, 0.15) is 78.7 Å². The minimum atomic E-state index is -1.14. The Morgan fingerprint density at radius 3 is 2.44 bits per heavy atom. The number of fused-ring (bicyclic) bond motifs is 4. The molecular weight excluding hydrogens is 522 g/mol. The van der Waals surface area contributed by atoms with Crippen LogP contribution in [0.25, 0.3) is 17.0 Å². The largest absolute Gasteiger partial charge is 0.455 e. The van der Waals surface area contributed by atoms with E-state index in [-0.39, 0.29) is 17.7 Å². The molecule has 2 aromatic rings. The van der Waals surface area contributed by atoms with Crippen LogP contribution in [-0.2, 0) is 23.9 Å². The van der Waals surface area contributed by atoms with Gasteiger partial charge in [0, 0.05) is 11.9 Å². The Morgan fingerprint density at radius 2 is 1.73 bits per heavy atom. The predicted octanol–water partition coefficient (Wildman–Crippen LogP) is 3.42. The summed E-state index contributed by atoms with van der Waals surface area (Å²) in [6, 6.07) is 7.83. The molecule has 4 rings (SSSR count). The Hall–Kier alpha value is -3.79. The number of esters is 1. The van der Waals surface area contributed by atoms with Crippen molar-refractivity contribution in [3.05, 3.63) is 47.7 Å². The maximum Gasteiger partial charge on any atom is 0.328 e. The number of amides is 3. The number of carbonyl (C=O) groups is 4. The second-order valence-electron chi connectivity index (χ2n) is 12.3.